The number of hydrogen-bond acceptors (Lipinski definition) is 9. The van der Waals surface area contributed by atoms with Gasteiger partial charge in [-0.25, -0.2) is 4.98 Å². The summed E-state index contributed by atoms with van der Waals surface area (Å²) in [5.74, 6) is 1.08. The highest BCUT2D eigenvalue weighted by Crippen LogP contribution is 2.52. The number of fused-ring (bicyclic) bond motifs is 1. The van der Waals surface area contributed by atoms with E-state index in [1.807, 2.05) is 57.5 Å². The quantitative estimate of drug-likeness (QED) is 0.171. The van der Waals surface area contributed by atoms with E-state index in [4.69, 9.17) is 19.2 Å². The summed E-state index contributed by atoms with van der Waals surface area (Å²) in [5.41, 5.74) is 5.22. The van der Waals surface area contributed by atoms with Crippen molar-refractivity contribution in [2.75, 3.05) is 43.9 Å². The van der Waals surface area contributed by atoms with Gasteiger partial charge in [-0.2, -0.15) is 0 Å². The van der Waals surface area contributed by atoms with Crippen molar-refractivity contribution in [1.82, 2.24) is 20.2 Å². The summed E-state index contributed by atoms with van der Waals surface area (Å²) in [6.45, 7) is 14.6. The van der Waals surface area contributed by atoms with E-state index in [1.54, 1.807) is 0 Å². The van der Waals surface area contributed by atoms with Crippen molar-refractivity contribution in [2.24, 2.45) is 5.92 Å². The molecular formula is C42H51N5O5S. The van der Waals surface area contributed by atoms with Crippen LogP contribution in [0, 0.1) is 19.8 Å². The number of piperidine rings is 1. The number of nitrogens with one attached hydrogen (secondary N) is 2. The van der Waals surface area contributed by atoms with Crippen LogP contribution in [0.25, 0.3) is 11.1 Å². The summed E-state index contributed by atoms with van der Waals surface area (Å²) >= 11 is 1.49. The van der Waals surface area contributed by atoms with E-state index in [9.17, 15) is 9.59 Å². The van der Waals surface area contributed by atoms with Gasteiger partial charge < -0.3 is 34.3 Å². The minimum Gasteiger partial charge on any atom is -0.448 e. The molecule has 2 saturated heterocycles. The fourth-order valence-electron chi connectivity index (χ4n) is 8.01. The second kappa shape index (κ2) is 15.6. The third kappa shape index (κ3) is 7.98. The summed E-state index contributed by atoms with van der Waals surface area (Å²) in [6.07, 6.45) is 6.92. The largest absolute Gasteiger partial charge is 0.448 e. The minimum atomic E-state index is -0.891. The average molecular weight is 738 g/mol. The molecule has 11 heteroatoms. The highest BCUT2D eigenvalue weighted by Gasteiger charge is 2.47. The van der Waals surface area contributed by atoms with Crippen LogP contribution in [0.4, 0.5) is 5.82 Å². The lowest BCUT2D eigenvalue weighted by Crippen LogP contribution is -2.48. The van der Waals surface area contributed by atoms with Crippen LogP contribution in [-0.2, 0) is 17.7 Å². The molecule has 4 aromatic rings. The molecule has 5 heterocycles. The number of H-pyrrole nitrogens is 1. The zero-order valence-electron chi connectivity index (χ0n) is 31.7. The van der Waals surface area contributed by atoms with Gasteiger partial charge in [0, 0.05) is 83.6 Å². The number of morpholine rings is 1. The molecule has 0 spiro atoms. The van der Waals surface area contributed by atoms with E-state index < -0.39 is 5.79 Å². The lowest BCUT2D eigenvalue weighted by Gasteiger charge is -2.39. The Morgan fingerprint density at radius 2 is 1.74 bits per heavy atom. The Morgan fingerprint density at radius 3 is 2.42 bits per heavy atom. The van der Waals surface area contributed by atoms with Crippen LogP contribution < -0.4 is 25.2 Å². The summed E-state index contributed by atoms with van der Waals surface area (Å²) < 4.78 is 19.7. The van der Waals surface area contributed by atoms with Crippen molar-refractivity contribution in [2.45, 2.75) is 83.3 Å². The third-order valence-corrected chi connectivity index (χ3v) is 11.7. The monoisotopic (exact) mass is 737 g/mol. The number of benzene rings is 2. The molecule has 2 aromatic heterocycles. The van der Waals surface area contributed by atoms with E-state index in [2.05, 4.69) is 64.3 Å². The SMILES string of the molecule is CSc1cc(C)[nH]c(=O)c1CNC(=O)c1cc(-c2ccc(N3C[C@@H](C)O[C@@H](C)C3)nc2)c2c(c1C)O[C@](C)(C1CCN(CCc3ccccc3)CC1)O2. The molecule has 3 aliphatic rings. The Hall–Kier alpha value is -4.32. The van der Waals surface area contributed by atoms with E-state index in [0.717, 1.165) is 79.5 Å². The van der Waals surface area contributed by atoms with E-state index >= 15 is 0 Å². The first kappa shape index (κ1) is 37.0. The van der Waals surface area contributed by atoms with Gasteiger partial charge in [0.2, 0.25) is 0 Å². The number of likely N-dealkylation sites (tertiary alicyclic amines) is 1. The lowest BCUT2D eigenvalue weighted by atomic mass is 9.89. The zero-order chi connectivity index (χ0) is 37.3. The Bertz CT molecular complexity index is 1990. The molecule has 3 atom stereocenters. The van der Waals surface area contributed by atoms with Crippen molar-refractivity contribution in [3.05, 3.63) is 99.1 Å². The first-order chi connectivity index (χ1) is 25.5. The van der Waals surface area contributed by atoms with Crippen molar-refractivity contribution >= 4 is 23.5 Å². The van der Waals surface area contributed by atoms with Crippen LogP contribution in [-0.4, -0.2) is 77.7 Å². The number of ether oxygens (including phenoxy) is 3. The van der Waals surface area contributed by atoms with E-state index in [1.165, 1.54) is 17.3 Å². The second-order valence-electron chi connectivity index (χ2n) is 14.9. The molecule has 3 aliphatic heterocycles. The van der Waals surface area contributed by atoms with Gasteiger partial charge in [-0.05, 0) is 96.1 Å². The Balaban J connectivity index is 1.15. The molecule has 0 radical (unpaired) electrons. The van der Waals surface area contributed by atoms with Crippen LogP contribution in [0.2, 0.25) is 0 Å². The normalized spacial score (nSPS) is 21.9. The van der Waals surface area contributed by atoms with Crippen molar-refractivity contribution < 1.29 is 19.0 Å². The summed E-state index contributed by atoms with van der Waals surface area (Å²) in [7, 11) is 0. The fourth-order valence-corrected chi connectivity index (χ4v) is 8.72. The van der Waals surface area contributed by atoms with Crippen LogP contribution in [0.5, 0.6) is 11.5 Å². The van der Waals surface area contributed by atoms with Crippen molar-refractivity contribution in [3.8, 4) is 22.6 Å². The molecule has 2 N–H and O–H groups in total. The van der Waals surface area contributed by atoms with Crippen LogP contribution in [0.1, 0.15) is 66.4 Å². The Labute approximate surface area is 316 Å². The summed E-state index contributed by atoms with van der Waals surface area (Å²) in [4.78, 5) is 40.3. The topological polar surface area (TPSA) is 109 Å². The van der Waals surface area contributed by atoms with Gasteiger partial charge in [-0.15, -0.1) is 11.8 Å². The van der Waals surface area contributed by atoms with Gasteiger partial charge >= 0.3 is 0 Å². The molecule has 0 unspecified atom stereocenters. The number of nitrogens with zero attached hydrogens (tertiary/aromatic N) is 3. The van der Waals surface area contributed by atoms with Gasteiger partial charge in [-0.3, -0.25) is 9.59 Å². The van der Waals surface area contributed by atoms with Gasteiger partial charge in [0.1, 0.15) is 5.82 Å². The second-order valence-corrected chi connectivity index (χ2v) is 15.8. The van der Waals surface area contributed by atoms with E-state index in [-0.39, 0.29) is 36.1 Å². The zero-order valence-corrected chi connectivity index (χ0v) is 32.5. The lowest BCUT2D eigenvalue weighted by molar-refractivity contribution is -0.124. The molecule has 2 aromatic carbocycles. The molecule has 2 fully saturated rings. The molecule has 53 heavy (non-hydrogen) atoms. The number of hydrogen-bond donors (Lipinski definition) is 2. The first-order valence-electron chi connectivity index (χ1n) is 18.7. The molecule has 0 aliphatic carbocycles. The number of carbonyl (C=O) groups excluding carboxylic acids is 1. The maximum absolute atomic E-state index is 14.0. The number of amides is 1. The summed E-state index contributed by atoms with van der Waals surface area (Å²) in [5, 5.41) is 3.03. The molecule has 1 amide bonds. The Morgan fingerprint density at radius 1 is 1.02 bits per heavy atom. The molecule has 280 valence electrons. The number of pyridine rings is 2. The highest BCUT2D eigenvalue weighted by molar-refractivity contribution is 7.98. The van der Waals surface area contributed by atoms with E-state index in [0.29, 0.717) is 28.2 Å². The van der Waals surface area contributed by atoms with Crippen molar-refractivity contribution in [1.29, 1.82) is 0 Å². The highest BCUT2D eigenvalue weighted by atomic mass is 32.2. The maximum Gasteiger partial charge on any atom is 0.254 e. The predicted molar refractivity (Wildman–Crippen MR) is 210 cm³/mol. The number of aryl methyl sites for hydroxylation is 1. The standard InChI is InChI=1S/C42H51N5O5S/c1-26-20-36(53-6)35(41(49)45-26)23-44-40(48)33-21-34(31-12-13-37(43-22-31)47-24-27(2)50-28(3)25-47)39-38(29(33)4)51-42(5,52-39)32-15-18-46(19-16-32)17-14-30-10-8-7-9-11-30/h7-13,20-22,27-28,32H,14-19,23-25H2,1-6H3,(H,44,48)(H,45,49)/t27-,28+,42-/m0/s1. The van der Waals surface area contributed by atoms with Crippen LogP contribution in [0.15, 0.2) is 70.5 Å². The van der Waals surface area contributed by atoms with Gasteiger partial charge in [-0.1, -0.05) is 30.3 Å². The third-order valence-electron chi connectivity index (χ3n) is 10.9. The smallest absolute Gasteiger partial charge is 0.254 e. The molecule has 0 saturated carbocycles. The van der Waals surface area contributed by atoms with Gasteiger partial charge in [0.05, 0.1) is 12.2 Å². The number of rotatable bonds is 10. The fraction of sp³-hybridized carbons (Fsp3) is 0.452. The molecular weight excluding hydrogens is 687 g/mol. The predicted octanol–water partition coefficient (Wildman–Crippen LogP) is 6.76. The maximum atomic E-state index is 14.0. The van der Waals surface area contributed by atoms with Crippen LogP contribution in [0.3, 0.4) is 0 Å². The number of anilines is 1. The molecule has 0 bridgehead atoms. The van der Waals surface area contributed by atoms with Crippen LogP contribution >= 0.6 is 11.8 Å². The van der Waals surface area contributed by atoms with Gasteiger partial charge in [0.15, 0.2) is 11.5 Å². The number of aromatic amines is 1. The summed E-state index contributed by atoms with van der Waals surface area (Å²) in [6, 6.07) is 18.5. The first-order valence-corrected chi connectivity index (χ1v) is 20.0. The van der Waals surface area contributed by atoms with Gasteiger partial charge in [0.25, 0.3) is 17.3 Å². The van der Waals surface area contributed by atoms with Crippen molar-refractivity contribution in [3.63, 3.8) is 0 Å². The average Bonchev–Trinajstić information content (AvgIpc) is 3.52. The number of thioether (sulfide) groups is 1. The minimum absolute atomic E-state index is 0.0983. The number of carbonyl (C=O) groups is 1. The molecule has 10 nitrogen and oxygen atoms in total. The Kier molecular flexibility index (Phi) is 10.9. The molecule has 7 rings (SSSR count). The number of aromatic nitrogens is 2.